The van der Waals surface area contributed by atoms with Gasteiger partial charge in [0.2, 0.25) is 0 Å². The fourth-order valence-corrected chi connectivity index (χ4v) is 5.52. The molecule has 0 spiro atoms. The van der Waals surface area contributed by atoms with Crippen LogP contribution in [0.4, 0.5) is 26.3 Å². The van der Waals surface area contributed by atoms with Gasteiger partial charge in [0.15, 0.2) is 0 Å². The number of carbonyl (C=O) groups is 1. The van der Waals surface area contributed by atoms with Gasteiger partial charge in [-0.3, -0.25) is 9.69 Å². The monoisotopic (exact) mass is 533 g/mol. The summed E-state index contributed by atoms with van der Waals surface area (Å²) in [6.07, 6.45) is -3.91. The minimum atomic E-state index is -4.56. The van der Waals surface area contributed by atoms with Gasteiger partial charge in [-0.1, -0.05) is 42.5 Å². The number of halogens is 6. The summed E-state index contributed by atoms with van der Waals surface area (Å²) in [5.41, 5.74) is 0.126. The molecule has 1 saturated heterocycles. The zero-order chi connectivity index (χ0) is 27.3. The Kier molecular flexibility index (Phi) is 6.54. The summed E-state index contributed by atoms with van der Waals surface area (Å²) < 4.78 is 82.9. The average molecular weight is 534 g/mol. The molecule has 0 aromatic heterocycles. The Morgan fingerprint density at radius 1 is 0.921 bits per heavy atom. The second-order valence-electron chi connectivity index (χ2n) is 10.1. The van der Waals surface area contributed by atoms with Crippen molar-refractivity contribution in [3.8, 4) is 11.1 Å². The zero-order valence-electron chi connectivity index (χ0n) is 20.2. The maximum Gasteiger partial charge on any atom is 0.416 e. The van der Waals surface area contributed by atoms with E-state index in [1.165, 1.54) is 36.4 Å². The number of aliphatic carboxylic acids is 1. The smallest absolute Gasteiger partial charge is 0.416 e. The highest BCUT2D eigenvalue weighted by molar-refractivity contribution is 5.89. The molecule has 1 unspecified atom stereocenters. The standard InChI is InChI=1S/C29H25F6NO2/c30-21-11-7-19(8-12-21)25(36-16-2-13-28(31,32)17-36)22-3-1-4-23(27(14-15-27)26(37)38)24(22)18-5-9-20(10-6-18)29(33,34)35/h1,3-12,25H,2,13-17H2,(H,37,38). The average Bonchev–Trinajstić information content (AvgIpc) is 3.67. The summed E-state index contributed by atoms with van der Waals surface area (Å²) in [4.78, 5) is 13.9. The predicted octanol–water partition coefficient (Wildman–Crippen LogP) is 7.45. The van der Waals surface area contributed by atoms with Crippen LogP contribution in [0.3, 0.4) is 0 Å². The van der Waals surface area contributed by atoms with Crippen molar-refractivity contribution in [3.05, 3.63) is 94.8 Å². The molecular formula is C29H25F6NO2. The van der Waals surface area contributed by atoms with Gasteiger partial charge in [0.1, 0.15) is 5.82 Å². The van der Waals surface area contributed by atoms with E-state index in [2.05, 4.69) is 0 Å². The summed E-state index contributed by atoms with van der Waals surface area (Å²) in [5.74, 6) is -4.51. The Hall–Kier alpha value is -3.33. The van der Waals surface area contributed by atoms with Crippen LogP contribution in [0.2, 0.25) is 0 Å². The Morgan fingerprint density at radius 2 is 1.58 bits per heavy atom. The lowest BCUT2D eigenvalue weighted by Gasteiger charge is -2.39. The number of carboxylic acids is 1. The van der Waals surface area contributed by atoms with Crippen molar-refractivity contribution in [3.63, 3.8) is 0 Å². The Labute approximate surface area is 215 Å². The van der Waals surface area contributed by atoms with Crippen LogP contribution in [0.25, 0.3) is 11.1 Å². The number of carboxylic acid groups (broad SMARTS) is 1. The molecule has 1 aliphatic heterocycles. The number of likely N-dealkylation sites (tertiary alicyclic amines) is 1. The number of alkyl halides is 5. The fourth-order valence-electron chi connectivity index (χ4n) is 5.52. The molecule has 3 aromatic rings. The number of hydrogen-bond donors (Lipinski definition) is 1. The zero-order valence-corrected chi connectivity index (χ0v) is 20.2. The molecule has 9 heteroatoms. The first-order valence-corrected chi connectivity index (χ1v) is 12.3. The first-order chi connectivity index (χ1) is 17.9. The lowest BCUT2D eigenvalue weighted by atomic mass is 9.81. The van der Waals surface area contributed by atoms with Gasteiger partial charge in [-0.05, 0) is 77.9 Å². The molecule has 0 amide bonds. The van der Waals surface area contributed by atoms with Crippen LogP contribution in [0.1, 0.15) is 54.0 Å². The lowest BCUT2D eigenvalue weighted by Crippen LogP contribution is -2.44. The molecule has 38 heavy (non-hydrogen) atoms. The SMILES string of the molecule is O=C(O)C1(c2cccc(C(c3ccc(F)cc3)N3CCCC(F)(F)C3)c2-c2ccc(C(F)(F)F)cc2)CC1. The second kappa shape index (κ2) is 9.45. The molecule has 1 atom stereocenters. The van der Waals surface area contributed by atoms with Crippen LogP contribution in [0.5, 0.6) is 0 Å². The van der Waals surface area contributed by atoms with Gasteiger partial charge in [0.05, 0.1) is 23.6 Å². The minimum absolute atomic E-state index is 0.221. The maximum absolute atomic E-state index is 14.6. The van der Waals surface area contributed by atoms with Crippen molar-refractivity contribution in [2.45, 2.75) is 49.2 Å². The van der Waals surface area contributed by atoms with Gasteiger partial charge in [0.25, 0.3) is 5.92 Å². The maximum atomic E-state index is 14.6. The third-order valence-electron chi connectivity index (χ3n) is 7.54. The summed E-state index contributed by atoms with van der Waals surface area (Å²) in [5, 5.41) is 10.1. The molecule has 1 aliphatic carbocycles. The first-order valence-electron chi connectivity index (χ1n) is 12.3. The summed E-state index contributed by atoms with van der Waals surface area (Å²) in [6, 6.07) is 14.1. The third-order valence-corrected chi connectivity index (χ3v) is 7.54. The van der Waals surface area contributed by atoms with E-state index in [9.17, 15) is 36.2 Å². The van der Waals surface area contributed by atoms with Crippen LogP contribution >= 0.6 is 0 Å². The third kappa shape index (κ3) is 4.91. The molecule has 0 radical (unpaired) electrons. The molecule has 3 nitrogen and oxygen atoms in total. The van der Waals surface area contributed by atoms with Crippen molar-refractivity contribution < 1.29 is 36.2 Å². The quantitative estimate of drug-likeness (QED) is 0.335. The van der Waals surface area contributed by atoms with E-state index >= 15 is 0 Å². The van der Waals surface area contributed by atoms with E-state index in [0.29, 0.717) is 47.2 Å². The van der Waals surface area contributed by atoms with Crippen LogP contribution in [0.15, 0.2) is 66.7 Å². The molecule has 1 saturated carbocycles. The number of hydrogen-bond acceptors (Lipinski definition) is 2. The Bertz CT molecular complexity index is 1330. The normalized spacial score (nSPS) is 19.6. The van der Waals surface area contributed by atoms with Gasteiger partial charge in [-0.15, -0.1) is 0 Å². The van der Waals surface area contributed by atoms with Crippen molar-refractivity contribution >= 4 is 5.97 Å². The molecule has 5 rings (SSSR count). The van der Waals surface area contributed by atoms with Crippen molar-refractivity contribution in [2.24, 2.45) is 0 Å². The molecule has 3 aromatic carbocycles. The van der Waals surface area contributed by atoms with E-state index in [0.717, 1.165) is 12.1 Å². The van der Waals surface area contributed by atoms with Gasteiger partial charge in [0, 0.05) is 6.42 Å². The van der Waals surface area contributed by atoms with Gasteiger partial charge in [-0.2, -0.15) is 13.2 Å². The van der Waals surface area contributed by atoms with Crippen LogP contribution in [0, 0.1) is 5.82 Å². The lowest BCUT2D eigenvalue weighted by molar-refractivity contribution is -0.140. The Morgan fingerprint density at radius 3 is 2.13 bits per heavy atom. The summed E-state index contributed by atoms with van der Waals surface area (Å²) in [7, 11) is 0. The van der Waals surface area contributed by atoms with Gasteiger partial charge >= 0.3 is 12.1 Å². The van der Waals surface area contributed by atoms with Crippen molar-refractivity contribution in [1.82, 2.24) is 4.90 Å². The fraction of sp³-hybridized carbons (Fsp3) is 0.345. The summed E-state index contributed by atoms with van der Waals surface area (Å²) in [6.45, 7) is -0.242. The number of nitrogens with zero attached hydrogens (tertiary/aromatic N) is 1. The van der Waals surface area contributed by atoms with Crippen molar-refractivity contribution in [1.29, 1.82) is 0 Å². The van der Waals surface area contributed by atoms with Crippen molar-refractivity contribution in [2.75, 3.05) is 13.1 Å². The highest BCUT2D eigenvalue weighted by Crippen LogP contribution is 2.53. The van der Waals surface area contributed by atoms with Crippen LogP contribution < -0.4 is 0 Å². The molecule has 1 heterocycles. The van der Waals surface area contributed by atoms with Gasteiger partial charge < -0.3 is 5.11 Å². The first kappa shape index (κ1) is 26.3. The molecule has 2 fully saturated rings. The topological polar surface area (TPSA) is 40.5 Å². The van der Waals surface area contributed by atoms with E-state index in [1.807, 2.05) is 0 Å². The molecule has 1 N–H and O–H groups in total. The van der Waals surface area contributed by atoms with Crippen LogP contribution in [-0.4, -0.2) is 35.0 Å². The summed E-state index contributed by atoms with van der Waals surface area (Å²) >= 11 is 0. The van der Waals surface area contributed by atoms with Crippen LogP contribution in [-0.2, 0) is 16.4 Å². The highest BCUT2D eigenvalue weighted by Gasteiger charge is 2.53. The number of piperidine rings is 1. The van der Waals surface area contributed by atoms with E-state index in [1.54, 1.807) is 23.1 Å². The van der Waals surface area contributed by atoms with E-state index in [4.69, 9.17) is 0 Å². The molecule has 2 aliphatic rings. The highest BCUT2D eigenvalue weighted by atomic mass is 19.4. The molecule has 0 bridgehead atoms. The molecular weight excluding hydrogens is 508 g/mol. The number of rotatable bonds is 6. The Balaban J connectivity index is 1.74. The molecule has 200 valence electrons. The van der Waals surface area contributed by atoms with Gasteiger partial charge in [-0.25, -0.2) is 13.2 Å². The predicted molar refractivity (Wildman–Crippen MR) is 129 cm³/mol. The minimum Gasteiger partial charge on any atom is -0.481 e. The number of benzene rings is 3. The second-order valence-corrected chi connectivity index (χ2v) is 10.1. The van der Waals surface area contributed by atoms with E-state index < -0.39 is 47.5 Å². The van der Waals surface area contributed by atoms with E-state index in [-0.39, 0.29) is 12.8 Å². The largest absolute Gasteiger partial charge is 0.481 e.